The van der Waals surface area contributed by atoms with E-state index in [2.05, 4.69) is 15.5 Å². The van der Waals surface area contributed by atoms with Gasteiger partial charge < -0.3 is 4.74 Å². The van der Waals surface area contributed by atoms with Gasteiger partial charge in [-0.3, -0.25) is 9.69 Å². The first-order valence-corrected chi connectivity index (χ1v) is 9.16. The van der Waals surface area contributed by atoms with Gasteiger partial charge in [-0.05, 0) is 46.8 Å². The lowest BCUT2D eigenvalue weighted by Gasteiger charge is -2.28. The number of thioether (sulfide) groups is 1. The van der Waals surface area contributed by atoms with Crippen LogP contribution in [-0.2, 0) is 9.59 Å². The highest BCUT2D eigenvalue weighted by Gasteiger charge is 2.58. The van der Waals surface area contributed by atoms with Crippen molar-refractivity contribution >= 4 is 29.3 Å². The summed E-state index contributed by atoms with van der Waals surface area (Å²) in [5.41, 5.74) is 1.52. The van der Waals surface area contributed by atoms with Crippen molar-refractivity contribution in [1.29, 1.82) is 0 Å². The van der Waals surface area contributed by atoms with Gasteiger partial charge in [-0.1, -0.05) is 23.9 Å². The smallest absolute Gasteiger partial charge is 0.348 e. The van der Waals surface area contributed by atoms with Crippen LogP contribution in [0, 0.1) is 0 Å². The number of fused-ring (bicyclic) bond motifs is 3. The zero-order chi connectivity index (χ0) is 18.4. The normalized spacial score (nSPS) is 20.4. The number of aromatic nitrogens is 4. The van der Waals surface area contributed by atoms with Crippen LogP contribution in [0.3, 0.4) is 0 Å². The van der Waals surface area contributed by atoms with Gasteiger partial charge in [-0.2, -0.15) is 0 Å². The van der Waals surface area contributed by atoms with Crippen molar-refractivity contribution < 1.29 is 14.3 Å². The number of nitrogens with zero attached hydrogens (tertiary/aromatic N) is 5. The van der Waals surface area contributed by atoms with Crippen molar-refractivity contribution in [2.75, 3.05) is 4.90 Å². The average molecular weight is 379 g/mol. The molecule has 3 heterocycles. The van der Waals surface area contributed by atoms with Gasteiger partial charge in [-0.15, -0.1) is 5.10 Å². The SMILES string of the molecule is O=C1CCC2(C(=O)Oc3ccc(-n4cnnn4)cc3)Sc3ccccc3N12. The lowest BCUT2D eigenvalue weighted by Crippen LogP contribution is -2.48. The summed E-state index contributed by atoms with van der Waals surface area (Å²) in [4.78, 5) is 27.0. The Morgan fingerprint density at radius 2 is 1.96 bits per heavy atom. The van der Waals surface area contributed by atoms with Gasteiger partial charge in [0.2, 0.25) is 5.91 Å². The minimum absolute atomic E-state index is 0.0570. The standard InChI is InChI=1S/C18H13N5O3S/c24-16-9-10-18(23(16)14-3-1-2-4-15(14)27-18)17(25)26-13-7-5-12(6-8-13)22-11-19-20-21-22/h1-8,11H,9-10H2. The van der Waals surface area contributed by atoms with E-state index in [1.807, 2.05) is 24.3 Å². The Kier molecular flexibility index (Phi) is 3.51. The van der Waals surface area contributed by atoms with Gasteiger partial charge in [0.25, 0.3) is 0 Å². The summed E-state index contributed by atoms with van der Waals surface area (Å²) in [6, 6.07) is 14.4. The Balaban J connectivity index is 1.42. The summed E-state index contributed by atoms with van der Waals surface area (Å²) in [6.45, 7) is 0. The van der Waals surface area contributed by atoms with E-state index < -0.39 is 10.8 Å². The third-order valence-electron chi connectivity index (χ3n) is 4.65. The molecule has 3 aromatic rings. The molecule has 1 aromatic heterocycles. The molecule has 8 nitrogen and oxygen atoms in total. The van der Waals surface area contributed by atoms with Gasteiger partial charge in [-0.25, -0.2) is 9.48 Å². The van der Waals surface area contributed by atoms with E-state index in [0.29, 0.717) is 18.6 Å². The zero-order valence-electron chi connectivity index (χ0n) is 14.0. The number of ether oxygens (including phenoxy) is 1. The Morgan fingerprint density at radius 3 is 2.74 bits per heavy atom. The van der Waals surface area contributed by atoms with Crippen molar-refractivity contribution in [3.8, 4) is 11.4 Å². The van der Waals surface area contributed by atoms with Gasteiger partial charge in [0.1, 0.15) is 12.1 Å². The minimum Gasteiger partial charge on any atom is -0.424 e. The molecule has 9 heteroatoms. The molecule has 0 saturated carbocycles. The Bertz CT molecular complexity index is 1040. The van der Waals surface area contributed by atoms with Crippen LogP contribution in [0.4, 0.5) is 5.69 Å². The fourth-order valence-corrected chi connectivity index (χ4v) is 4.80. The van der Waals surface area contributed by atoms with Gasteiger partial charge in [0, 0.05) is 17.7 Å². The Labute approximate surface area is 158 Å². The van der Waals surface area contributed by atoms with E-state index in [1.165, 1.54) is 22.8 Å². The highest BCUT2D eigenvalue weighted by atomic mass is 32.2. The number of esters is 1. The number of carbonyl (C=O) groups is 2. The molecule has 2 aromatic carbocycles. The van der Waals surface area contributed by atoms with E-state index >= 15 is 0 Å². The molecule has 0 aliphatic carbocycles. The number of anilines is 1. The fraction of sp³-hybridized carbons (Fsp3) is 0.167. The summed E-state index contributed by atoms with van der Waals surface area (Å²) in [5, 5.41) is 11.0. The van der Waals surface area contributed by atoms with Crippen LogP contribution < -0.4 is 9.64 Å². The molecular formula is C18H13N5O3S. The number of amides is 1. The third-order valence-corrected chi connectivity index (χ3v) is 6.11. The second-order valence-corrected chi connectivity index (χ2v) is 7.54. The highest BCUT2D eigenvalue weighted by Crippen LogP contribution is 2.56. The van der Waals surface area contributed by atoms with Crippen LogP contribution in [0.1, 0.15) is 12.8 Å². The highest BCUT2D eigenvalue weighted by molar-refractivity contribution is 8.02. The maximum Gasteiger partial charge on any atom is 0.348 e. The maximum absolute atomic E-state index is 13.1. The lowest BCUT2D eigenvalue weighted by atomic mass is 10.2. The van der Waals surface area contributed by atoms with Crippen molar-refractivity contribution in [1.82, 2.24) is 20.2 Å². The number of hydrogen-bond donors (Lipinski definition) is 0. The van der Waals surface area contributed by atoms with E-state index in [9.17, 15) is 9.59 Å². The number of hydrogen-bond acceptors (Lipinski definition) is 7. The maximum atomic E-state index is 13.1. The molecule has 2 aliphatic rings. The Morgan fingerprint density at radius 1 is 1.15 bits per heavy atom. The summed E-state index contributed by atoms with van der Waals surface area (Å²) in [6.07, 6.45) is 2.23. The van der Waals surface area contributed by atoms with Crippen LogP contribution in [-0.4, -0.2) is 37.0 Å². The van der Waals surface area contributed by atoms with Crippen molar-refractivity contribution in [3.05, 3.63) is 54.9 Å². The second-order valence-electron chi connectivity index (χ2n) is 6.22. The summed E-state index contributed by atoms with van der Waals surface area (Å²) in [5.74, 6) is -0.0924. The fourth-order valence-electron chi connectivity index (χ4n) is 3.41. The average Bonchev–Trinajstić information content (AvgIpc) is 3.39. The van der Waals surface area contributed by atoms with Gasteiger partial charge in [0.05, 0.1) is 11.4 Å². The summed E-state index contributed by atoms with van der Waals surface area (Å²) in [7, 11) is 0. The first-order valence-electron chi connectivity index (χ1n) is 8.34. The van der Waals surface area contributed by atoms with E-state index in [-0.39, 0.29) is 5.91 Å². The second kappa shape index (κ2) is 5.92. The molecule has 1 amide bonds. The molecule has 1 unspecified atom stereocenters. The summed E-state index contributed by atoms with van der Waals surface area (Å²) >= 11 is 1.39. The molecular weight excluding hydrogens is 366 g/mol. The predicted molar refractivity (Wildman–Crippen MR) is 96.5 cm³/mol. The monoisotopic (exact) mass is 379 g/mol. The molecule has 5 rings (SSSR count). The lowest BCUT2D eigenvalue weighted by molar-refractivity contribution is -0.137. The van der Waals surface area contributed by atoms with Crippen molar-refractivity contribution in [3.63, 3.8) is 0 Å². The number of tetrazole rings is 1. The van der Waals surface area contributed by atoms with Crippen molar-refractivity contribution in [2.24, 2.45) is 0 Å². The van der Waals surface area contributed by atoms with Crippen LogP contribution in [0.2, 0.25) is 0 Å². The van der Waals surface area contributed by atoms with Gasteiger partial charge >= 0.3 is 5.97 Å². The molecule has 0 radical (unpaired) electrons. The topological polar surface area (TPSA) is 90.2 Å². The molecule has 0 spiro atoms. The zero-order valence-corrected chi connectivity index (χ0v) is 14.8. The van der Waals surface area contributed by atoms with Gasteiger partial charge in [0.15, 0.2) is 4.87 Å². The minimum atomic E-state index is -1.03. The molecule has 27 heavy (non-hydrogen) atoms. The van der Waals surface area contributed by atoms with Crippen molar-refractivity contribution in [2.45, 2.75) is 22.6 Å². The van der Waals surface area contributed by atoms with Crippen LogP contribution in [0.25, 0.3) is 5.69 Å². The van der Waals surface area contributed by atoms with E-state index in [1.54, 1.807) is 29.2 Å². The molecule has 1 atom stereocenters. The van der Waals surface area contributed by atoms with E-state index in [0.717, 1.165) is 16.3 Å². The number of carbonyl (C=O) groups excluding carboxylic acids is 2. The number of rotatable bonds is 3. The molecule has 134 valence electrons. The largest absolute Gasteiger partial charge is 0.424 e. The quantitative estimate of drug-likeness (QED) is 0.509. The first-order chi connectivity index (χ1) is 13.2. The molecule has 0 bridgehead atoms. The third kappa shape index (κ3) is 2.42. The number of benzene rings is 2. The van der Waals surface area contributed by atoms with Crippen LogP contribution in [0.5, 0.6) is 5.75 Å². The predicted octanol–water partition coefficient (Wildman–Crippen LogP) is 2.20. The Hall–Kier alpha value is -3.20. The molecule has 2 aliphatic heterocycles. The van der Waals surface area contributed by atoms with Crippen LogP contribution in [0.15, 0.2) is 59.8 Å². The molecule has 1 saturated heterocycles. The van der Waals surface area contributed by atoms with Crippen LogP contribution >= 0.6 is 11.8 Å². The first kappa shape index (κ1) is 16.0. The number of para-hydroxylation sites is 1. The molecule has 0 N–H and O–H groups in total. The molecule has 1 fully saturated rings. The summed E-state index contributed by atoms with van der Waals surface area (Å²) < 4.78 is 7.15. The van der Waals surface area contributed by atoms with E-state index in [4.69, 9.17) is 4.74 Å².